The average Bonchev–Trinajstić information content (AvgIpc) is 2.45. The highest BCUT2D eigenvalue weighted by molar-refractivity contribution is 5.82. The van der Waals surface area contributed by atoms with E-state index in [1.54, 1.807) is 4.90 Å². The molecule has 120 valence electrons. The first-order chi connectivity index (χ1) is 9.93. The third-order valence-electron chi connectivity index (χ3n) is 5.24. The molecule has 1 spiro atoms. The van der Waals surface area contributed by atoms with Crippen LogP contribution in [0.1, 0.15) is 58.8 Å². The fourth-order valence-electron chi connectivity index (χ4n) is 3.72. The number of nitrogens with zero attached hydrogens (tertiary/aromatic N) is 1. The van der Waals surface area contributed by atoms with Gasteiger partial charge in [0.1, 0.15) is 6.04 Å². The summed E-state index contributed by atoms with van der Waals surface area (Å²) in [5.41, 5.74) is 0.458. The van der Waals surface area contributed by atoms with Crippen molar-refractivity contribution in [1.29, 1.82) is 0 Å². The van der Waals surface area contributed by atoms with E-state index in [2.05, 4.69) is 5.32 Å². The van der Waals surface area contributed by atoms with Gasteiger partial charge in [-0.15, -0.1) is 0 Å². The van der Waals surface area contributed by atoms with E-state index in [1.165, 1.54) is 32.1 Å². The van der Waals surface area contributed by atoms with E-state index in [-0.39, 0.29) is 11.9 Å². The van der Waals surface area contributed by atoms with Gasteiger partial charge in [-0.1, -0.05) is 33.1 Å². The Kier molecular flexibility index (Phi) is 5.12. The number of carbonyl (C=O) groups excluding carboxylic acids is 1. The molecule has 1 saturated carbocycles. The average molecular weight is 296 g/mol. The predicted octanol–water partition coefficient (Wildman–Crippen LogP) is 2.85. The molecule has 5 heteroatoms. The molecule has 5 nitrogen and oxygen atoms in total. The number of urea groups is 1. The first kappa shape index (κ1) is 16.1. The highest BCUT2D eigenvalue weighted by Gasteiger charge is 2.37. The molecule has 0 unspecified atom stereocenters. The van der Waals surface area contributed by atoms with Crippen LogP contribution in [0.15, 0.2) is 0 Å². The van der Waals surface area contributed by atoms with E-state index in [1.807, 2.05) is 13.8 Å². The molecule has 1 aliphatic carbocycles. The molecule has 2 amide bonds. The Balaban J connectivity index is 1.86. The van der Waals surface area contributed by atoms with Crippen molar-refractivity contribution < 1.29 is 14.7 Å². The first-order valence-electron chi connectivity index (χ1n) is 8.22. The minimum Gasteiger partial charge on any atom is -0.480 e. The van der Waals surface area contributed by atoms with Crippen LogP contribution in [0.3, 0.4) is 0 Å². The molecule has 2 N–H and O–H groups in total. The van der Waals surface area contributed by atoms with Crippen molar-refractivity contribution in [2.24, 2.45) is 11.3 Å². The molecule has 0 radical (unpaired) electrons. The van der Waals surface area contributed by atoms with Gasteiger partial charge >= 0.3 is 12.0 Å². The van der Waals surface area contributed by atoms with Gasteiger partial charge < -0.3 is 15.3 Å². The summed E-state index contributed by atoms with van der Waals surface area (Å²) in [5.74, 6) is -1.07. The van der Waals surface area contributed by atoms with Gasteiger partial charge in [0.15, 0.2) is 0 Å². The molecular formula is C16H28N2O3. The first-order valence-corrected chi connectivity index (χ1v) is 8.22. The van der Waals surface area contributed by atoms with E-state index in [0.29, 0.717) is 5.41 Å². The lowest BCUT2D eigenvalue weighted by Crippen LogP contribution is -2.53. The molecule has 0 aromatic heterocycles. The Morgan fingerprint density at radius 3 is 2.10 bits per heavy atom. The molecule has 1 aliphatic heterocycles. The van der Waals surface area contributed by atoms with E-state index in [4.69, 9.17) is 5.11 Å². The fraction of sp³-hybridized carbons (Fsp3) is 0.875. The topological polar surface area (TPSA) is 69.6 Å². The zero-order chi connectivity index (χ0) is 15.5. The number of aliphatic carboxylic acids is 1. The van der Waals surface area contributed by atoms with Crippen LogP contribution in [-0.2, 0) is 4.79 Å². The summed E-state index contributed by atoms with van der Waals surface area (Å²) in [6.07, 6.45) is 8.72. The van der Waals surface area contributed by atoms with Gasteiger partial charge in [0.05, 0.1) is 0 Å². The number of nitrogens with one attached hydrogen (secondary N) is 1. The minimum atomic E-state index is -0.959. The lowest BCUT2D eigenvalue weighted by atomic mass is 9.68. The summed E-state index contributed by atoms with van der Waals surface area (Å²) in [6.45, 7) is 5.14. The van der Waals surface area contributed by atoms with Crippen LogP contribution >= 0.6 is 0 Å². The summed E-state index contributed by atoms with van der Waals surface area (Å²) in [5, 5.41) is 11.8. The summed E-state index contributed by atoms with van der Waals surface area (Å²) in [6, 6.07) is -1.02. The van der Waals surface area contributed by atoms with Crippen LogP contribution in [0.25, 0.3) is 0 Å². The van der Waals surface area contributed by atoms with Gasteiger partial charge in [0.25, 0.3) is 0 Å². The monoisotopic (exact) mass is 296 g/mol. The maximum Gasteiger partial charge on any atom is 0.326 e. The number of hydrogen-bond donors (Lipinski definition) is 2. The number of hydrogen-bond acceptors (Lipinski definition) is 2. The van der Waals surface area contributed by atoms with E-state index < -0.39 is 12.0 Å². The lowest BCUT2D eigenvalue weighted by Gasteiger charge is -2.44. The van der Waals surface area contributed by atoms with Crippen molar-refractivity contribution in [3.05, 3.63) is 0 Å². The van der Waals surface area contributed by atoms with Gasteiger partial charge in [-0.2, -0.15) is 0 Å². The van der Waals surface area contributed by atoms with Crippen molar-refractivity contribution in [3.63, 3.8) is 0 Å². The van der Waals surface area contributed by atoms with E-state index in [0.717, 1.165) is 25.9 Å². The summed E-state index contributed by atoms with van der Waals surface area (Å²) < 4.78 is 0. The number of amides is 2. The Morgan fingerprint density at radius 2 is 1.62 bits per heavy atom. The van der Waals surface area contributed by atoms with Crippen LogP contribution in [-0.4, -0.2) is 41.1 Å². The van der Waals surface area contributed by atoms with Crippen LogP contribution in [0.5, 0.6) is 0 Å². The zero-order valence-electron chi connectivity index (χ0n) is 13.2. The summed E-state index contributed by atoms with van der Waals surface area (Å²) in [4.78, 5) is 25.2. The second-order valence-electron chi connectivity index (χ2n) is 7.06. The largest absolute Gasteiger partial charge is 0.480 e. The molecule has 1 heterocycles. The zero-order valence-corrected chi connectivity index (χ0v) is 13.2. The standard InChI is InChI=1S/C16H28N2O3/c1-12(2)13(14(19)20)17-15(21)18-10-8-16(9-11-18)6-4-3-5-7-16/h12-13H,3-11H2,1-2H3,(H,17,21)(H,19,20)/t13-/m0/s1. The molecule has 1 atom stereocenters. The Hall–Kier alpha value is -1.26. The van der Waals surface area contributed by atoms with Crippen LogP contribution < -0.4 is 5.32 Å². The number of rotatable bonds is 3. The normalized spacial score (nSPS) is 23.1. The maximum atomic E-state index is 12.2. The van der Waals surface area contributed by atoms with Gasteiger partial charge in [-0.25, -0.2) is 9.59 Å². The SMILES string of the molecule is CC(C)[C@H](NC(=O)N1CCC2(CCCCC2)CC1)C(=O)O. The van der Waals surface area contributed by atoms with Crippen molar-refractivity contribution in [3.8, 4) is 0 Å². The number of carbonyl (C=O) groups is 2. The van der Waals surface area contributed by atoms with Crippen LogP contribution in [0, 0.1) is 11.3 Å². The molecular weight excluding hydrogens is 268 g/mol. The van der Waals surface area contributed by atoms with Gasteiger partial charge in [0.2, 0.25) is 0 Å². The second-order valence-corrected chi connectivity index (χ2v) is 7.06. The maximum absolute atomic E-state index is 12.2. The fourth-order valence-corrected chi connectivity index (χ4v) is 3.72. The van der Waals surface area contributed by atoms with Crippen molar-refractivity contribution >= 4 is 12.0 Å². The van der Waals surface area contributed by atoms with Crippen molar-refractivity contribution in [1.82, 2.24) is 10.2 Å². The summed E-state index contributed by atoms with van der Waals surface area (Å²) >= 11 is 0. The molecule has 1 saturated heterocycles. The number of carboxylic acid groups (broad SMARTS) is 1. The Morgan fingerprint density at radius 1 is 1.05 bits per heavy atom. The second kappa shape index (κ2) is 6.67. The smallest absolute Gasteiger partial charge is 0.326 e. The van der Waals surface area contributed by atoms with E-state index in [9.17, 15) is 9.59 Å². The molecule has 0 bridgehead atoms. The quantitative estimate of drug-likeness (QED) is 0.841. The Labute approximate surface area is 127 Å². The molecule has 0 aromatic carbocycles. The third-order valence-corrected chi connectivity index (χ3v) is 5.24. The Bertz CT molecular complexity index is 379. The molecule has 0 aromatic rings. The lowest BCUT2D eigenvalue weighted by molar-refractivity contribution is -0.140. The number of piperidine rings is 1. The predicted molar refractivity (Wildman–Crippen MR) is 81.1 cm³/mol. The summed E-state index contributed by atoms with van der Waals surface area (Å²) in [7, 11) is 0. The molecule has 2 fully saturated rings. The van der Waals surface area contributed by atoms with Crippen molar-refractivity contribution in [2.75, 3.05) is 13.1 Å². The minimum absolute atomic E-state index is 0.110. The molecule has 21 heavy (non-hydrogen) atoms. The highest BCUT2D eigenvalue weighted by atomic mass is 16.4. The van der Waals surface area contributed by atoms with E-state index >= 15 is 0 Å². The third kappa shape index (κ3) is 3.89. The highest BCUT2D eigenvalue weighted by Crippen LogP contribution is 2.44. The molecule has 2 rings (SSSR count). The van der Waals surface area contributed by atoms with Crippen LogP contribution in [0.2, 0.25) is 0 Å². The van der Waals surface area contributed by atoms with Crippen molar-refractivity contribution in [2.45, 2.75) is 64.8 Å². The van der Waals surface area contributed by atoms with Crippen LogP contribution in [0.4, 0.5) is 4.79 Å². The van der Waals surface area contributed by atoms with Gasteiger partial charge in [-0.3, -0.25) is 0 Å². The molecule has 2 aliphatic rings. The van der Waals surface area contributed by atoms with Gasteiger partial charge in [-0.05, 0) is 37.0 Å². The van der Waals surface area contributed by atoms with Gasteiger partial charge in [0, 0.05) is 13.1 Å². The number of likely N-dealkylation sites (tertiary alicyclic amines) is 1. The number of carboxylic acids is 1.